The number of benzene rings is 2. The van der Waals surface area contributed by atoms with E-state index in [-0.39, 0.29) is 17.5 Å². The molecular weight excluding hydrogens is 436 g/mol. The van der Waals surface area contributed by atoms with Crippen molar-refractivity contribution in [1.82, 2.24) is 10.3 Å². The standard InChI is InChI=1S/C22H23BrN2O2S/c23-19-7-5-16(6-8-19)17-9-11-24-20(13-17)10-12-28(26,27)15-18-14-25-22-4-2-1-3-21(18)22/h1-9,14,20,24-25H,10-13,15H2. The van der Waals surface area contributed by atoms with E-state index in [0.717, 1.165) is 33.9 Å². The third-order valence-electron chi connectivity index (χ3n) is 5.26. The number of aromatic nitrogens is 1. The van der Waals surface area contributed by atoms with Gasteiger partial charge in [0.25, 0.3) is 0 Å². The number of fused-ring (bicyclic) bond motifs is 1. The number of rotatable bonds is 6. The first kappa shape index (κ1) is 19.4. The Bertz CT molecular complexity index is 1100. The van der Waals surface area contributed by atoms with Crippen molar-refractivity contribution >= 4 is 42.2 Å². The second-order valence-corrected chi connectivity index (χ2v) is 10.4. The first-order chi connectivity index (χ1) is 13.5. The lowest BCUT2D eigenvalue weighted by atomic mass is 9.94. The van der Waals surface area contributed by atoms with Gasteiger partial charge >= 0.3 is 0 Å². The maximum Gasteiger partial charge on any atom is 0.154 e. The van der Waals surface area contributed by atoms with Crippen LogP contribution in [0.2, 0.25) is 0 Å². The van der Waals surface area contributed by atoms with E-state index in [9.17, 15) is 8.42 Å². The summed E-state index contributed by atoms with van der Waals surface area (Å²) in [6.07, 6.45) is 5.48. The fourth-order valence-corrected chi connectivity index (χ4v) is 5.52. The summed E-state index contributed by atoms with van der Waals surface area (Å²) in [5.74, 6) is 0.275. The molecule has 28 heavy (non-hydrogen) atoms. The van der Waals surface area contributed by atoms with Crippen molar-refractivity contribution < 1.29 is 8.42 Å². The highest BCUT2D eigenvalue weighted by Gasteiger charge is 2.21. The molecule has 1 atom stereocenters. The molecule has 3 aromatic rings. The van der Waals surface area contributed by atoms with Crippen molar-refractivity contribution in [2.45, 2.75) is 24.6 Å². The molecule has 0 spiro atoms. The van der Waals surface area contributed by atoms with Crippen molar-refractivity contribution in [3.05, 3.63) is 76.4 Å². The van der Waals surface area contributed by atoms with Crippen LogP contribution in [0.15, 0.2) is 65.3 Å². The van der Waals surface area contributed by atoms with Crippen LogP contribution >= 0.6 is 15.9 Å². The summed E-state index contributed by atoms with van der Waals surface area (Å²) in [4.78, 5) is 3.16. The average molecular weight is 459 g/mol. The van der Waals surface area contributed by atoms with Crippen LogP contribution in [0.1, 0.15) is 24.0 Å². The summed E-state index contributed by atoms with van der Waals surface area (Å²) in [6.45, 7) is 0.776. The van der Waals surface area contributed by atoms with Gasteiger partial charge in [0.1, 0.15) is 0 Å². The van der Waals surface area contributed by atoms with Crippen LogP contribution in [0.5, 0.6) is 0 Å². The van der Waals surface area contributed by atoms with Gasteiger partial charge in [-0.3, -0.25) is 0 Å². The van der Waals surface area contributed by atoms with Crippen LogP contribution in [-0.2, 0) is 15.6 Å². The highest BCUT2D eigenvalue weighted by atomic mass is 79.9. The Hall–Kier alpha value is -1.89. The van der Waals surface area contributed by atoms with Crippen LogP contribution in [-0.4, -0.2) is 31.7 Å². The lowest BCUT2D eigenvalue weighted by Crippen LogP contribution is -2.34. The number of sulfone groups is 1. The molecule has 0 bridgehead atoms. The van der Waals surface area contributed by atoms with E-state index < -0.39 is 9.84 Å². The summed E-state index contributed by atoms with van der Waals surface area (Å²) in [6, 6.07) is 16.3. The predicted molar refractivity (Wildman–Crippen MR) is 119 cm³/mol. The summed E-state index contributed by atoms with van der Waals surface area (Å²) in [5.41, 5.74) is 4.32. The maximum absolute atomic E-state index is 12.7. The molecule has 1 aliphatic heterocycles. The molecule has 1 unspecified atom stereocenters. The number of hydrogen-bond donors (Lipinski definition) is 2. The second-order valence-electron chi connectivity index (χ2n) is 7.29. The van der Waals surface area contributed by atoms with Crippen molar-refractivity contribution in [2.75, 3.05) is 12.3 Å². The van der Waals surface area contributed by atoms with E-state index in [0.29, 0.717) is 6.42 Å². The minimum Gasteiger partial charge on any atom is -0.361 e. The van der Waals surface area contributed by atoms with Crippen molar-refractivity contribution in [1.29, 1.82) is 0 Å². The van der Waals surface area contributed by atoms with Crippen LogP contribution in [0.3, 0.4) is 0 Å². The molecule has 0 radical (unpaired) electrons. The molecule has 1 aromatic heterocycles. The summed E-state index contributed by atoms with van der Waals surface area (Å²) >= 11 is 3.47. The molecule has 2 heterocycles. The number of halogens is 1. The topological polar surface area (TPSA) is 62.0 Å². The number of nitrogens with one attached hydrogen (secondary N) is 2. The Morgan fingerprint density at radius 3 is 2.68 bits per heavy atom. The van der Waals surface area contributed by atoms with Crippen LogP contribution in [0.4, 0.5) is 0 Å². The quantitative estimate of drug-likeness (QED) is 0.563. The Kier molecular flexibility index (Phi) is 5.71. The smallest absolute Gasteiger partial charge is 0.154 e. The van der Waals surface area contributed by atoms with E-state index in [4.69, 9.17) is 0 Å². The predicted octanol–water partition coefficient (Wildman–Crippen LogP) is 4.68. The average Bonchev–Trinajstić information content (AvgIpc) is 3.10. The summed E-state index contributed by atoms with van der Waals surface area (Å²) < 4.78 is 26.5. The molecule has 0 fully saturated rings. The van der Waals surface area contributed by atoms with Crippen molar-refractivity contribution in [3.63, 3.8) is 0 Å². The fourth-order valence-electron chi connectivity index (χ4n) is 3.76. The molecule has 0 amide bonds. The third kappa shape index (κ3) is 4.57. The van der Waals surface area contributed by atoms with Gasteiger partial charge in [-0.2, -0.15) is 0 Å². The molecule has 2 N–H and O–H groups in total. The normalized spacial score (nSPS) is 17.6. The lowest BCUT2D eigenvalue weighted by molar-refractivity contribution is 0.515. The number of aromatic amines is 1. The van der Waals surface area contributed by atoms with Gasteiger partial charge < -0.3 is 10.3 Å². The van der Waals surface area contributed by atoms with E-state index in [2.05, 4.69) is 44.4 Å². The Morgan fingerprint density at radius 1 is 1.07 bits per heavy atom. The van der Waals surface area contributed by atoms with Crippen molar-refractivity contribution in [3.8, 4) is 0 Å². The van der Waals surface area contributed by atoms with Gasteiger partial charge in [0, 0.05) is 34.2 Å². The first-order valence-electron chi connectivity index (χ1n) is 9.44. The monoisotopic (exact) mass is 458 g/mol. The molecule has 0 saturated carbocycles. The third-order valence-corrected chi connectivity index (χ3v) is 7.40. The zero-order chi connectivity index (χ0) is 19.6. The van der Waals surface area contributed by atoms with E-state index in [1.165, 1.54) is 11.1 Å². The van der Waals surface area contributed by atoms with Crippen LogP contribution in [0.25, 0.3) is 16.5 Å². The maximum atomic E-state index is 12.7. The van der Waals surface area contributed by atoms with Gasteiger partial charge in [0.2, 0.25) is 0 Å². The minimum atomic E-state index is -3.17. The lowest BCUT2D eigenvalue weighted by Gasteiger charge is -2.24. The van der Waals surface area contributed by atoms with Gasteiger partial charge in [-0.1, -0.05) is 52.3 Å². The van der Waals surface area contributed by atoms with Gasteiger partial charge in [0.15, 0.2) is 9.84 Å². The zero-order valence-electron chi connectivity index (χ0n) is 15.5. The summed E-state index contributed by atoms with van der Waals surface area (Å²) in [7, 11) is -3.17. The molecule has 1 aliphatic rings. The van der Waals surface area contributed by atoms with E-state index in [1.807, 2.05) is 42.6 Å². The fraction of sp³-hybridized carbons (Fsp3) is 0.273. The Morgan fingerprint density at radius 2 is 1.86 bits per heavy atom. The largest absolute Gasteiger partial charge is 0.361 e. The highest BCUT2D eigenvalue weighted by molar-refractivity contribution is 9.10. The number of hydrogen-bond acceptors (Lipinski definition) is 3. The summed E-state index contributed by atoms with van der Waals surface area (Å²) in [5, 5.41) is 4.42. The van der Waals surface area contributed by atoms with Crippen LogP contribution in [0, 0.1) is 0 Å². The van der Waals surface area contributed by atoms with Crippen LogP contribution < -0.4 is 5.32 Å². The molecule has 6 heteroatoms. The van der Waals surface area contributed by atoms with Gasteiger partial charge in [-0.15, -0.1) is 0 Å². The molecule has 2 aromatic carbocycles. The number of para-hydroxylation sites is 1. The first-order valence-corrected chi connectivity index (χ1v) is 12.1. The molecular formula is C22H23BrN2O2S. The van der Waals surface area contributed by atoms with Gasteiger partial charge in [-0.05, 0) is 47.7 Å². The molecule has 4 rings (SSSR count). The van der Waals surface area contributed by atoms with Gasteiger partial charge in [-0.25, -0.2) is 8.42 Å². The van der Waals surface area contributed by atoms with E-state index in [1.54, 1.807) is 0 Å². The van der Waals surface area contributed by atoms with Crippen molar-refractivity contribution in [2.24, 2.45) is 0 Å². The molecule has 4 nitrogen and oxygen atoms in total. The van der Waals surface area contributed by atoms with E-state index >= 15 is 0 Å². The Balaban J connectivity index is 1.38. The minimum absolute atomic E-state index is 0.0825. The molecule has 146 valence electrons. The SMILES string of the molecule is O=S(=O)(CCC1CC(c2ccc(Br)cc2)=CCN1)Cc1c[nH]c2ccccc12. The molecule has 0 aliphatic carbocycles. The zero-order valence-corrected chi connectivity index (χ0v) is 17.9. The van der Waals surface area contributed by atoms with Gasteiger partial charge in [0.05, 0.1) is 11.5 Å². The second kappa shape index (κ2) is 8.23. The molecule has 0 saturated heterocycles. The highest BCUT2D eigenvalue weighted by Crippen LogP contribution is 2.26. The Labute approximate surface area is 174 Å². The number of H-pyrrole nitrogens is 1.